The molecule has 27 heavy (non-hydrogen) atoms. The maximum absolute atomic E-state index is 12.9. The minimum Gasteiger partial charge on any atom is -0.369 e. The third-order valence-electron chi connectivity index (χ3n) is 6.24. The van der Waals surface area contributed by atoms with E-state index in [2.05, 4.69) is 67.6 Å². The first-order valence-electron chi connectivity index (χ1n) is 9.63. The Bertz CT molecular complexity index is 935. The van der Waals surface area contributed by atoms with Crippen LogP contribution in [0.5, 0.6) is 0 Å². The van der Waals surface area contributed by atoms with Crippen molar-refractivity contribution in [1.29, 1.82) is 0 Å². The monoisotopic (exact) mass is 355 g/mol. The van der Waals surface area contributed by atoms with Gasteiger partial charge >= 0.3 is 0 Å². The number of hydrogen-bond donors (Lipinski definition) is 1. The molecule has 0 radical (unpaired) electrons. The highest BCUT2D eigenvalue weighted by Gasteiger charge is 2.50. The van der Waals surface area contributed by atoms with Crippen LogP contribution < -0.4 is 5.73 Å². The average Bonchev–Trinajstić information content (AvgIpc) is 3.09. The van der Waals surface area contributed by atoms with Crippen molar-refractivity contribution in [3.05, 3.63) is 107 Å². The molecule has 1 aliphatic carbocycles. The number of amides is 1. The predicted octanol–water partition coefficient (Wildman–Crippen LogP) is 4.82. The first-order valence-corrected chi connectivity index (χ1v) is 9.63. The molecule has 2 heteroatoms. The molecule has 0 fully saturated rings. The molecular weight excluding hydrogens is 330 g/mol. The zero-order valence-corrected chi connectivity index (χ0v) is 15.6. The van der Waals surface area contributed by atoms with Crippen LogP contribution in [-0.4, -0.2) is 5.91 Å². The van der Waals surface area contributed by atoms with Gasteiger partial charge in [-0.2, -0.15) is 0 Å². The van der Waals surface area contributed by atoms with Crippen LogP contribution in [0, 0.1) is 5.92 Å². The molecule has 0 saturated carbocycles. The zero-order chi connectivity index (χ0) is 18.9. The van der Waals surface area contributed by atoms with Gasteiger partial charge in [-0.05, 0) is 41.0 Å². The number of rotatable bonds is 5. The number of carbonyl (C=O) groups excluding carboxylic acids is 1. The van der Waals surface area contributed by atoms with Crippen molar-refractivity contribution in [3.8, 4) is 0 Å². The van der Waals surface area contributed by atoms with Crippen LogP contribution >= 0.6 is 0 Å². The molecule has 0 heterocycles. The number of hydrogen-bond acceptors (Lipinski definition) is 1. The van der Waals surface area contributed by atoms with Gasteiger partial charge in [0, 0.05) is 5.41 Å². The Morgan fingerprint density at radius 1 is 0.889 bits per heavy atom. The normalized spacial score (nSPS) is 20.6. The molecule has 0 aliphatic heterocycles. The van der Waals surface area contributed by atoms with Gasteiger partial charge in [-0.1, -0.05) is 91.9 Å². The van der Waals surface area contributed by atoms with Gasteiger partial charge in [0.15, 0.2) is 0 Å². The number of primary amides is 1. The van der Waals surface area contributed by atoms with E-state index in [1.807, 2.05) is 24.3 Å². The summed E-state index contributed by atoms with van der Waals surface area (Å²) in [6, 6.07) is 29.2. The lowest BCUT2D eigenvalue weighted by Crippen LogP contribution is -2.45. The van der Waals surface area contributed by atoms with E-state index in [-0.39, 0.29) is 23.2 Å². The van der Waals surface area contributed by atoms with Gasteiger partial charge in [0.05, 0.1) is 5.92 Å². The smallest absolute Gasteiger partial charge is 0.222 e. The van der Waals surface area contributed by atoms with Crippen LogP contribution in [-0.2, 0) is 16.6 Å². The summed E-state index contributed by atoms with van der Waals surface area (Å²) in [4.78, 5) is 12.9. The van der Waals surface area contributed by atoms with Gasteiger partial charge in [-0.3, -0.25) is 4.79 Å². The molecule has 4 rings (SSSR count). The summed E-state index contributed by atoms with van der Waals surface area (Å²) in [5.74, 6) is -0.520. The van der Waals surface area contributed by atoms with E-state index >= 15 is 0 Å². The average molecular weight is 355 g/mol. The highest BCUT2D eigenvalue weighted by atomic mass is 16.1. The first-order chi connectivity index (χ1) is 13.1. The fourth-order valence-corrected chi connectivity index (χ4v) is 5.04. The Morgan fingerprint density at radius 2 is 1.48 bits per heavy atom. The second-order valence-corrected chi connectivity index (χ2v) is 7.57. The van der Waals surface area contributed by atoms with Crippen LogP contribution in [0.3, 0.4) is 0 Å². The van der Waals surface area contributed by atoms with Crippen LogP contribution in [0.2, 0.25) is 0 Å². The van der Waals surface area contributed by atoms with Crippen molar-refractivity contribution in [3.63, 3.8) is 0 Å². The summed E-state index contributed by atoms with van der Waals surface area (Å²) >= 11 is 0. The summed E-state index contributed by atoms with van der Waals surface area (Å²) in [5, 5.41) is 0. The fraction of sp³-hybridized carbons (Fsp3) is 0.240. The number of benzene rings is 3. The van der Waals surface area contributed by atoms with Gasteiger partial charge in [0.25, 0.3) is 0 Å². The molecular formula is C25H25NO. The number of nitrogens with two attached hydrogens (primary N) is 1. The van der Waals surface area contributed by atoms with Crippen molar-refractivity contribution < 1.29 is 4.79 Å². The summed E-state index contributed by atoms with van der Waals surface area (Å²) in [6.07, 6.45) is 1.87. The summed E-state index contributed by atoms with van der Waals surface area (Å²) in [5.41, 5.74) is 10.6. The molecule has 1 amide bonds. The Morgan fingerprint density at radius 3 is 2.15 bits per heavy atom. The molecule has 0 aromatic heterocycles. The van der Waals surface area contributed by atoms with Crippen LogP contribution in [0.15, 0.2) is 84.9 Å². The SMILES string of the molecule is C[C@@H](c1ccccc1)C(C(N)=O)C1(c2ccccc2)CCc2ccccc21. The van der Waals surface area contributed by atoms with Crippen LogP contribution in [0.4, 0.5) is 0 Å². The molecule has 3 atom stereocenters. The van der Waals surface area contributed by atoms with Gasteiger partial charge in [0.2, 0.25) is 5.91 Å². The molecule has 2 N–H and O–H groups in total. The van der Waals surface area contributed by atoms with Gasteiger partial charge in [0.1, 0.15) is 0 Å². The van der Waals surface area contributed by atoms with Crippen molar-refractivity contribution in [1.82, 2.24) is 0 Å². The second kappa shape index (κ2) is 7.03. The highest BCUT2D eigenvalue weighted by molar-refractivity contribution is 5.81. The lowest BCUT2D eigenvalue weighted by Gasteiger charge is -2.41. The van der Waals surface area contributed by atoms with E-state index in [0.717, 1.165) is 18.4 Å². The van der Waals surface area contributed by atoms with Crippen molar-refractivity contribution >= 4 is 5.91 Å². The molecule has 136 valence electrons. The topological polar surface area (TPSA) is 43.1 Å². The standard InChI is InChI=1S/C25H25NO/c1-18(19-10-4-2-5-11-19)23(24(26)27)25(21-13-6-3-7-14-21)17-16-20-12-8-9-15-22(20)25/h2-15,18,23H,16-17H2,1H3,(H2,26,27)/t18-,23?,25?/m0/s1. The van der Waals surface area contributed by atoms with Crippen molar-refractivity contribution in [2.45, 2.75) is 31.1 Å². The minimum absolute atomic E-state index is 0.0232. The largest absolute Gasteiger partial charge is 0.369 e. The van der Waals surface area contributed by atoms with E-state index in [4.69, 9.17) is 5.73 Å². The number of fused-ring (bicyclic) bond motifs is 1. The summed E-state index contributed by atoms with van der Waals surface area (Å²) in [6.45, 7) is 2.14. The van der Waals surface area contributed by atoms with Crippen LogP contribution in [0.25, 0.3) is 0 Å². The quantitative estimate of drug-likeness (QED) is 0.700. The van der Waals surface area contributed by atoms with Gasteiger partial charge in [-0.25, -0.2) is 0 Å². The lowest BCUT2D eigenvalue weighted by molar-refractivity contribution is -0.124. The Hall–Kier alpha value is -2.87. The zero-order valence-electron chi connectivity index (χ0n) is 15.6. The van der Waals surface area contributed by atoms with E-state index < -0.39 is 0 Å². The number of aryl methyl sites for hydroxylation is 1. The Balaban J connectivity index is 1.94. The van der Waals surface area contributed by atoms with Crippen molar-refractivity contribution in [2.24, 2.45) is 11.7 Å². The molecule has 0 bridgehead atoms. The second-order valence-electron chi connectivity index (χ2n) is 7.57. The van der Waals surface area contributed by atoms with Crippen LogP contribution in [0.1, 0.15) is 41.5 Å². The fourth-order valence-electron chi connectivity index (χ4n) is 5.04. The third-order valence-corrected chi connectivity index (χ3v) is 6.24. The summed E-state index contributed by atoms with van der Waals surface area (Å²) in [7, 11) is 0. The predicted molar refractivity (Wildman–Crippen MR) is 110 cm³/mol. The summed E-state index contributed by atoms with van der Waals surface area (Å²) < 4.78 is 0. The van der Waals surface area contributed by atoms with Gasteiger partial charge < -0.3 is 5.73 Å². The maximum Gasteiger partial charge on any atom is 0.222 e. The minimum atomic E-state index is -0.390. The van der Waals surface area contributed by atoms with E-state index in [1.165, 1.54) is 16.7 Å². The molecule has 2 nitrogen and oxygen atoms in total. The lowest BCUT2D eigenvalue weighted by atomic mass is 9.61. The Labute approximate surface area is 161 Å². The number of carbonyl (C=O) groups is 1. The highest BCUT2D eigenvalue weighted by Crippen LogP contribution is 2.53. The van der Waals surface area contributed by atoms with Gasteiger partial charge in [-0.15, -0.1) is 0 Å². The molecule has 2 unspecified atom stereocenters. The maximum atomic E-state index is 12.9. The third kappa shape index (κ3) is 2.86. The Kier molecular flexibility index (Phi) is 4.57. The molecule has 3 aromatic rings. The van der Waals surface area contributed by atoms with E-state index in [0.29, 0.717) is 0 Å². The first kappa shape index (κ1) is 17.5. The molecule has 0 saturated heterocycles. The molecule has 1 aliphatic rings. The van der Waals surface area contributed by atoms with Crippen molar-refractivity contribution in [2.75, 3.05) is 0 Å². The molecule has 0 spiro atoms. The van der Waals surface area contributed by atoms with E-state index in [9.17, 15) is 4.79 Å². The van der Waals surface area contributed by atoms with E-state index in [1.54, 1.807) is 0 Å². The molecule has 3 aromatic carbocycles.